The lowest BCUT2D eigenvalue weighted by molar-refractivity contribution is -0.402. The van der Waals surface area contributed by atoms with Crippen LogP contribution in [0.4, 0.5) is 11.6 Å². The average molecular weight is 316 g/mol. The fourth-order valence-electron chi connectivity index (χ4n) is 2.25. The molecule has 0 unspecified atom stereocenters. The van der Waals surface area contributed by atoms with E-state index in [-0.39, 0.29) is 5.76 Å². The Kier molecular flexibility index (Phi) is 5.91. The molecule has 23 heavy (non-hydrogen) atoms. The maximum atomic E-state index is 12.0. The molecule has 0 spiro atoms. The third-order valence-electron chi connectivity index (χ3n) is 3.53. The van der Waals surface area contributed by atoms with Crippen LogP contribution in [0.2, 0.25) is 0 Å². The van der Waals surface area contributed by atoms with Crippen LogP contribution in [0.5, 0.6) is 0 Å². The largest absolute Gasteiger partial charge is 0.433 e. The van der Waals surface area contributed by atoms with Crippen LogP contribution in [0.25, 0.3) is 0 Å². The summed E-state index contributed by atoms with van der Waals surface area (Å²) < 4.78 is 4.87. The second kappa shape index (κ2) is 8.12. The highest BCUT2D eigenvalue weighted by Gasteiger charge is 2.17. The molecular weight excluding hydrogens is 296 g/mol. The van der Waals surface area contributed by atoms with E-state index in [2.05, 4.69) is 12.2 Å². The molecule has 0 saturated heterocycles. The molecule has 1 heterocycles. The normalized spacial score (nSPS) is 10.5. The van der Waals surface area contributed by atoms with Gasteiger partial charge in [-0.1, -0.05) is 38.3 Å². The molecule has 1 N–H and O–H groups in total. The van der Waals surface area contributed by atoms with Gasteiger partial charge in [0.15, 0.2) is 5.76 Å². The minimum absolute atomic E-state index is 0.0830. The van der Waals surface area contributed by atoms with Crippen molar-refractivity contribution in [2.24, 2.45) is 0 Å². The summed E-state index contributed by atoms with van der Waals surface area (Å²) in [5.74, 6) is -1.04. The predicted octanol–water partition coefficient (Wildman–Crippen LogP) is 4.56. The van der Waals surface area contributed by atoms with E-state index in [0.29, 0.717) is 5.69 Å². The van der Waals surface area contributed by atoms with Crippen LogP contribution in [0, 0.1) is 10.1 Å². The number of carbonyl (C=O) groups excluding carboxylic acids is 1. The third-order valence-corrected chi connectivity index (χ3v) is 3.53. The van der Waals surface area contributed by atoms with Crippen molar-refractivity contribution in [3.63, 3.8) is 0 Å². The van der Waals surface area contributed by atoms with Gasteiger partial charge >= 0.3 is 5.88 Å². The maximum Gasteiger partial charge on any atom is 0.433 e. The molecule has 1 aromatic carbocycles. The van der Waals surface area contributed by atoms with Gasteiger partial charge in [-0.3, -0.25) is 14.9 Å². The Bertz CT molecular complexity index is 661. The Morgan fingerprint density at radius 3 is 2.48 bits per heavy atom. The van der Waals surface area contributed by atoms with Crippen molar-refractivity contribution in [1.29, 1.82) is 0 Å². The highest BCUT2D eigenvalue weighted by atomic mass is 16.6. The van der Waals surface area contributed by atoms with E-state index < -0.39 is 16.7 Å². The van der Waals surface area contributed by atoms with Crippen molar-refractivity contribution in [3.05, 3.63) is 57.8 Å². The Labute approximate surface area is 134 Å². The highest BCUT2D eigenvalue weighted by molar-refractivity contribution is 6.02. The lowest BCUT2D eigenvalue weighted by Gasteiger charge is -2.05. The number of nitro groups is 1. The lowest BCUT2D eigenvalue weighted by atomic mass is 10.1. The fraction of sp³-hybridized carbons (Fsp3) is 0.353. The molecule has 6 heteroatoms. The van der Waals surface area contributed by atoms with E-state index in [9.17, 15) is 14.9 Å². The summed E-state index contributed by atoms with van der Waals surface area (Å²) in [7, 11) is 0. The van der Waals surface area contributed by atoms with Crippen LogP contribution in [0.3, 0.4) is 0 Å². The minimum atomic E-state index is -0.676. The summed E-state index contributed by atoms with van der Waals surface area (Å²) in [6.07, 6.45) is 5.89. The molecule has 122 valence electrons. The summed E-state index contributed by atoms with van der Waals surface area (Å²) >= 11 is 0. The maximum absolute atomic E-state index is 12.0. The summed E-state index contributed by atoms with van der Waals surface area (Å²) in [5.41, 5.74) is 1.86. The van der Waals surface area contributed by atoms with Crippen molar-refractivity contribution in [3.8, 4) is 0 Å². The number of rotatable bonds is 8. The van der Waals surface area contributed by atoms with E-state index in [1.807, 2.05) is 24.3 Å². The van der Waals surface area contributed by atoms with Crippen molar-refractivity contribution in [2.45, 2.75) is 39.0 Å². The molecule has 6 nitrogen and oxygen atoms in total. The zero-order valence-corrected chi connectivity index (χ0v) is 13.1. The van der Waals surface area contributed by atoms with Crippen molar-refractivity contribution in [2.75, 3.05) is 5.32 Å². The monoisotopic (exact) mass is 316 g/mol. The first kappa shape index (κ1) is 16.7. The first-order valence-corrected chi connectivity index (χ1v) is 7.74. The van der Waals surface area contributed by atoms with Gasteiger partial charge in [-0.25, -0.2) is 0 Å². The molecule has 0 radical (unpaired) electrons. The quantitative estimate of drug-likeness (QED) is 0.439. The fourth-order valence-corrected chi connectivity index (χ4v) is 2.25. The topological polar surface area (TPSA) is 85.4 Å². The number of hydrogen-bond donors (Lipinski definition) is 1. The average Bonchev–Trinajstić information content (AvgIpc) is 3.03. The number of aryl methyl sites for hydroxylation is 1. The Balaban J connectivity index is 1.89. The molecule has 0 saturated carbocycles. The van der Waals surface area contributed by atoms with E-state index in [1.165, 1.54) is 30.9 Å². The zero-order valence-electron chi connectivity index (χ0n) is 13.1. The van der Waals surface area contributed by atoms with Gasteiger partial charge in [0.1, 0.15) is 4.92 Å². The second-order valence-corrected chi connectivity index (χ2v) is 5.36. The minimum Gasteiger partial charge on any atom is -0.395 e. The Hall–Kier alpha value is -2.63. The molecule has 2 rings (SSSR count). The van der Waals surface area contributed by atoms with Crippen molar-refractivity contribution < 1.29 is 14.1 Å². The van der Waals surface area contributed by atoms with Gasteiger partial charge in [-0.05, 0) is 36.6 Å². The SMILES string of the molecule is CCCCCCc1ccc(NC(=O)c2ccc([N+](=O)[O-])o2)cc1. The van der Waals surface area contributed by atoms with Gasteiger partial charge in [0.05, 0.1) is 6.07 Å². The molecule has 0 aliphatic heterocycles. The number of nitrogens with one attached hydrogen (secondary N) is 1. The van der Waals surface area contributed by atoms with Crippen molar-refractivity contribution in [1.82, 2.24) is 0 Å². The van der Waals surface area contributed by atoms with Gasteiger partial charge in [-0.15, -0.1) is 0 Å². The van der Waals surface area contributed by atoms with Gasteiger partial charge in [0, 0.05) is 5.69 Å². The number of nitrogens with zero attached hydrogens (tertiary/aromatic N) is 1. The molecule has 1 amide bonds. The van der Waals surface area contributed by atoms with Crippen LogP contribution in [0.1, 0.15) is 48.7 Å². The van der Waals surface area contributed by atoms with Crippen LogP contribution in [-0.4, -0.2) is 10.8 Å². The van der Waals surface area contributed by atoms with Gasteiger partial charge in [-0.2, -0.15) is 0 Å². The smallest absolute Gasteiger partial charge is 0.395 e. The summed E-state index contributed by atoms with van der Waals surface area (Å²) in [5, 5.41) is 13.2. The third kappa shape index (κ3) is 4.95. The predicted molar refractivity (Wildman–Crippen MR) is 87.6 cm³/mol. The number of anilines is 1. The number of benzene rings is 1. The van der Waals surface area contributed by atoms with Crippen LogP contribution < -0.4 is 5.32 Å². The van der Waals surface area contributed by atoms with Crippen LogP contribution in [-0.2, 0) is 6.42 Å². The Morgan fingerprint density at radius 2 is 1.87 bits per heavy atom. The highest BCUT2D eigenvalue weighted by Crippen LogP contribution is 2.18. The van der Waals surface area contributed by atoms with Crippen LogP contribution in [0.15, 0.2) is 40.8 Å². The summed E-state index contributed by atoms with van der Waals surface area (Å²) in [6.45, 7) is 2.19. The molecule has 2 aromatic rings. The first-order chi connectivity index (χ1) is 11.1. The van der Waals surface area contributed by atoms with Gasteiger partial charge < -0.3 is 9.73 Å². The molecule has 0 fully saturated rings. The number of unbranched alkanes of at least 4 members (excludes halogenated alkanes) is 3. The molecule has 0 aliphatic rings. The van der Waals surface area contributed by atoms with Crippen LogP contribution >= 0.6 is 0 Å². The summed E-state index contributed by atoms with van der Waals surface area (Å²) in [6, 6.07) is 10.1. The van der Waals surface area contributed by atoms with E-state index >= 15 is 0 Å². The first-order valence-electron chi connectivity index (χ1n) is 7.74. The number of amides is 1. The zero-order chi connectivity index (χ0) is 16.7. The lowest BCUT2D eigenvalue weighted by Crippen LogP contribution is -2.10. The summed E-state index contributed by atoms with van der Waals surface area (Å²) in [4.78, 5) is 21.8. The number of hydrogen-bond acceptors (Lipinski definition) is 4. The van der Waals surface area contributed by atoms with Gasteiger partial charge in [0.2, 0.25) is 0 Å². The molecule has 0 bridgehead atoms. The second-order valence-electron chi connectivity index (χ2n) is 5.36. The van der Waals surface area contributed by atoms with Crippen molar-refractivity contribution >= 4 is 17.5 Å². The van der Waals surface area contributed by atoms with Gasteiger partial charge in [0.25, 0.3) is 5.91 Å². The molecule has 1 aromatic heterocycles. The molecular formula is C17H20N2O4. The molecule has 0 atom stereocenters. The van der Waals surface area contributed by atoms with E-state index in [1.54, 1.807) is 0 Å². The number of carbonyl (C=O) groups is 1. The Morgan fingerprint density at radius 1 is 1.13 bits per heavy atom. The van der Waals surface area contributed by atoms with E-state index in [4.69, 9.17) is 4.42 Å². The van der Waals surface area contributed by atoms with E-state index in [0.717, 1.165) is 18.9 Å². The molecule has 0 aliphatic carbocycles. The number of furan rings is 1. The standard InChI is InChI=1S/C17H20N2O4/c1-2-3-4-5-6-13-7-9-14(10-8-13)18-17(20)15-11-12-16(23-15)19(21)22/h7-12H,2-6H2,1H3,(H,18,20).